The highest BCUT2D eigenvalue weighted by Gasteiger charge is 2.16. The quantitative estimate of drug-likeness (QED) is 0.923. The summed E-state index contributed by atoms with van der Waals surface area (Å²) in [6.45, 7) is 2.15. The van der Waals surface area contributed by atoms with Crippen molar-refractivity contribution in [2.24, 2.45) is 0 Å². The molecule has 0 bridgehead atoms. The van der Waals surface area contributed by atoms with Gasteiger partial charge in [0.2, 0.25) is 6.39 Å². The van der Waals surface area contributed by atoms with Crippen LogP contribution in [0, 0.1) is 0 Å². The Morgan fingerprint density at radius 2 is 2.15 bits per heavy atom. The molecule has 20 heavy (non-hydrogen) atoms. The average Bonchev–Trinajstić information content (AvgIpc) is 3.02. The molecule has 0 spiro atoms. The summed E-state index contributed by atoms with van der Waals surface area (Å²) < 4.78 is 5.23. The molecule has 1 saturated carbocycles. The van der Waals surface area contributed by atoms with Gasteiger partial charge in [-0.25, -0.2) is 0 Å². The number of pyridine rings is 1. The number of aromatic nitrogens is 3. The summed E-state index contributed by atoms with van der Waals surface area (Å²) in [4.78, 5) is 4.41. The zero-order valence-corrected chi connectivity index (χ0v) is 11.8. The van der Waals surface area contributed by atoms with E-state index in [1.807, 2.05) is 12.3 Å². The highest BCUT2D eigenvalue weighted by Crippen LogP contribution is 2.26. The van der Waals surface area contributed by atoms with Crippen molar-refractivity contribution >= 4 is 5.69 Å². The molecule has 3 rings (SSSR count). The first-order valence-corrected chi connectivity index (χ1v) is 7.39. The predicted molar refractivity (Wildman–Crippen MR) is 77.4 cm³/mol. The van der Waals surface area contributed by atoms with Gasteiger partial charge in [-0.3, -0.25) is 4.98 Å². The molecule has 2 aromatic heterocycles. The molecule has 0 aliphatic heterocycles. The van der Waals surface area contributed by atoms with Gasteiger partial charge in [0.05, 0.1) is 0 Å². The van der Waals surface area contributed by atoms with E-state index in [1.54, 1.807) is 0 Å². The fraction of sp³-hybridized carbons (Fsp3) is 0.533. The smallest absolute Gasteiger partial charge is 0.266 e. The molecule has 0 saturated heterocycles. The minimum absolute atomic E-state index is 0.472. The third-order valence-corrected chi connectivity index (χ3v) is 3.91. The predicted octanol–water partition coefficient (Wildman–Crippen LogP) is 3.44. The topological polar surface area (TPSA) is 63.8 Å². The molecular weight excluding hydrogens is 252 g/mol. The average molecular weight is 272 g/mol. The number of hydrogen-bond donors (Lipinski definition) is 1. The van der Waals surface area contributed by atoms with Crippen LogP contribution in [0.15, 0.2) is 23.1 Å². The summed E-state index contributed by atoms with van der Waals surface area (Å²) in [7, 11) is 0. The van der Waals surface area contributed by atoms with Gasteiger partial charge in [0, 0.05) is 17.9 Å². The monoisotopic (exact) mass is 272 g/mol. The van der Waals surface area contributed by atoms with Crippen LogP contribution in [0.3, 0.4) is 0 Å². The summed E-state index contributed by atoms with van der Waals surface area (Å²) in [6, 6.07) is 2.60. The minimum atomic E-state index is 0.472. The van der Waals surface area contributed by atoms with Crippen molar-refractivity contribution in [1.29, 1.82) is 0 Å². The third-order valence-electron chi connectivity index (χ3n) is 3.91. The minimum Gasteiger partial charge on any atom is -0.422 e. The molecule has 0 atom stereocenters. The van der Waals surface area contributed by atoms with Crippen LogP contribution < -0.4 is 5.32 Å². The van der Waals surface area contributed by atoms with Crippen molar-refractivity contribution in [2.75, 3.05) is 5.32 Å². The van der Waals surface area contributed by atoms with Gasteiger partial charge in [-0.05, 0) is 30.9 Å². The number of rotatable bonds is 4. The van der Waals surface area contributed by atoms with Crippen molar-refractivity contribution in [3.8, 4) is 11.6 Å². The summed E-state index contributed by atoms with van der Waals surface area (Å²) in [6.07, 6.45) is 10.7. The number of nitrogens with zero attached hydrogens (tertiary/aromatic N) is 3. The highest BCUT2D eigenvalue weighted by molar-refractivity contribution is 5.60. The normalized spacial score (nSPS) is 16.2. The fourth-order valence-corrected chi connectivity index (χ4v) is 2.77. The van der Waals surface area contributed by atoms with Crippen LogP contribution in [0.1, 0.15) is 44.6 Å². The molecule has 0 unspecified atom stereocenters. The summed E-state index contributed by atoms with van der Waals surface area (Å²) in [5, 5.41) is 11.3. The number of aryl methyl sites for hydroxylation is 1. The van der Waals surface area contributed by atoms with E-state index in [2.05, 4.69) is 27.4 Å². The van der Waals surface area contributed by atoms with Crippen molar-refractivity contribution in [3.05, 3.63) is 24.2 Å². The number of nitrogens with one attached hydrogen (secondary N) is 1. The standard InChI is InChI=1S/C15H20N4O/c1-2-11-9-16-14(15-19-17-10-20-15)8-13(11)18-12-6-4-3-5-7-12/h8-10,12H,2-7H2,1H3,(H,16,18). The van der Waals surface area contributed by atoms with E-state index in [0.717, 1.165) is 17.8 Å². The maximum Gasteiger partial charge on any atom is 0.266 e. The van der Waals surface area contributed by atoms with Crippen LogP contribution in [0.25, 0.3) is 11.6 Å². The maximum absolute atomic E-state index is 5.23. The van der Waals surface area contributed by atoms with Crippen LogP contribution in [-0.4, -0.2) is 21.2 Å². The van der Waals surface area contributed by atoms with Gasteiger partial charge in [-0.2, -0.15) is 0 Å². The Kier molecular flexibility index (Phi) is 3.95. The lowest BCUT2D eigenvalue weighted by Crippen LogP contribution is -2.23. The molecule has 2 heterocycles. The van der Waals surface area contributed by atoms with E-state index < -0.39 is 0 Å². The van der Waals surface area contributed by atoms with Crippen molar-refractivity contribution in [2.45, 2.75) is 51.5 Å². The molecular formula is C15H20N4O. The van der Waals surface area contributed by atoms with Gasteiger partial charge in [0.25, 0.3) is 5.89 Å². The van der Waals surface area contributed by atoms with Crippen LogP contribution in [0.2, 0.25) is 0 Å². The molecule has 1 fully saturated rings. The molecule has 1 aliphatic rings. The summed E-state index contributed by atoms with van der Waals surface area (Å²) in [5.41, 5.74) is 3.12. The first-order chi connectivity index (χ1) is 9.86. The van der Waals surface area contributed by atoms with E-state index in [4.69, 9.17) is 4.42 Å². The lowest BCUT2D eigenvalue weighted by atomic mass is 9.95. The number of anilines is 1. The van der Waals surface area contributed by atoms with E-state index in [9.17, 15) is 0 Å². The van der Waals surface area contributed by atoms with Crippen LogP contribution in [0.4, 0.5) is 5.69 Å². The Morgan fingerprint density at radius 3 is 2.85 bits per heavy atom. The molecule has 2 aromatic rings. The van der Waals surface area contributed by atoms with E-state index in [-0.39, 0.29) is 0 Å². The molecule has 5 heteroatoms. The van der Waals surface area contributed by atoms with Gasteiger partial charge >= 0.3 is 0 Å². The lowest BCUT2D eigenvalue weighted by molar-refractivity contribution is 0.462. The third kappa shape index (κ3) is 2.81. The Morgan fingerprint density at radius 1 is 1.30 bits per heavy atom. The number of hydrogen-bond acceptors (Lipinski definition) is 5. The molecule has 0 amide bonds. The second-order valence-corrected chi connectivity index (χ2v) is 5.30. The lowest BCUT2D eigenvalue weighted by Gasteiger charge is -2.25. The van der Waals surface area contributed by atoms with Crippen LogP contribution in [-0.2, 0) is 6.42 Å². The van der Waals surface area contributed by atoms with Crippen molar-refractivity contribution < 1.29 is 4.42 Å². The zero-order chi connectivity index (χ0) is 13.8. The van der Waals surface area contributed by atoms with Gasteiger partial charge in [0.15, 0.2) is 0 Å². The second kappa shape index (κ2) is 6.03. The van der Waals surface area contributed by atoms with Gasteiger partial charge in [-0.15, -0.1) is 10.2 Å². The second-order valence-electron chi connectivity index (χ2n) is 5.30. The molecule has 0 radical (unpaired) electrons. The van der Waals surface area contributed by atoms with Crippen molar-refractivity contribution in [3.63, 3.8) is 0 Å². The van der Waals surface area contributed by atoms with Gasteiger partial charge < -0.3 is 9.73 Å². The summed E-state index contributed by atoms with van der Waals surface area (Å²) in [5.74, 6) is 0.472. The maximum atomic E-state index is 5.23. The Hall–Kier alpha value is -1.91. The zero-order valence-electron chi connectivity index (χ0n) is 11.8. The SMILES string of the molecule is CCc1cnc(-c2nnco2)cc1NC1CCCCC1. The Labute approximate surface area is 118 Å². The molecule has 106 valence electrons. The summed E-state index contributed by atoms with van der Waals surface area (Å²) >= 11 is 0. The molecule has 1 N–H and O–H groups in total. The molecule has 1 aliphatic carbocycles. The first kappa shape index (κ1) is 13.1. The van der Waals surface area contributed by atoms with Crippen LogP contribution >= 0.6 is 0 Å². The van der Waals surface area contributed by atoms with Crippen LogP contribution in [0.5, 0.6) is 0 Å². The highest BCUT2D eigenvalue weighted by atomic mass is 16.4. The van der Waals surface area contributed by atoms with Gasteiger partial charge in [-0.1, -0.05) is 26.2 Å². The first-order valence-electron chi connectivity index (χ1n) is 7.39. The van der Waals surface area contributed by atoms with E-state index in [1.165, 1.54) is 44.1 Å². The van der Waals surface area contributed by atoms with Gasteiger partial charge in [0.1, 0.15) is 5.69 Å². The molecule has 0 aromatic carbocycles. The fourth-order valence-electron chi connectivity index (χ4n) is 2.77. The Bertz CT molecular complexity index is 547. The van der Waals surface area contributed by atoms with E-state index >= 15 is 0 Å². The molecule has 5 nitrogen and oxygen atoms in total. The van der Waals surface area contributed by atoms with E-state index in [0.29, 0.717) is 11.9 Å². The largest absolute Gasteiger partial charge is 0.422 e. The Balaban J connectivity index is 1.84. The van der Waals surface area contributed by atoms with Crippen molar-refractivity contribution in [1.82, 2.24) is 15.2 Å².